The third-order valence-electron chi connectivity index (χ3n) is 3.41. The second-order valence-electron chi connectivity index (χ2n) is 5.12. The molecule has 1 heterocycles. The number of carbonyl (C=O) groups is 2. The normalized spacial score (nSPS) is 10.5. The predicted molar refractivity (Wildman–Crippen MR) is 95.5 cm³/mol. The Hall–Kier alpha value is -2.76. The molecule has 3 aromatic rings. The van der Waals surface area contributed by atoms with Crippen LogP contribution in [0, 0.1) is 0 Å². The molecule has 0 saturated carbocycles. The van der Waals surface area contributed by atoms with Crippen LogP contribution in [-0.4, -0.2) is 17.0 Å². The highest BCUT2D eigenvalue weighted by atomic mass is 35.5. The van der Waals surface area contributed by atoms with E-state index < -0.39 is 11.9 Å². The first-order valence-corrected chi connectivity index (χ1v) is 7.89. The first-order chi connectivity index (χ1) is 11.9. The summed E-state index contributed by atoms with van der Waals surface area (Å²) < 4.78 is 5.55. The fourth-order valence-electron chi connectivity index (χ4n) is 2.19. The third kappa shape index (κ3) is 3.84. The zero-order chi connectivity index (χ0) is 18.0. The summed E-state index contributed by atoms with van der Waals surface area (Å²) in [5.74, 6) is -1.07. The van der Waals surface area contributed by atoms with Crippen molar-refractivity contribution in [2.24, 2.45) is 0 Å². The Balaban J connectivity index is 1.79. The number of halogens is 2. The van der Waals surface area contributed by atoms with E-state index in [4.69, 9.17) is 32.7 Å². The molecule has 1 aromatic heterocycles. The van der Waals surface area contributed by atoms with Gasteiger partial charge in [0.05, 0.1) is 10.6 Å². The molecule has 0 aliphatic heterocycles. The molecule has 0 aliphatic rings. The van der Waals surface area contributed by atoms with E-state index in [1.807, 2.05) is 0 Å². The van der Waals surface area contributed by atoms with E-state index in [1.54, 1.807) is 30.3 Å². The Morgan fingerprint density at radius 1 is 0.960 bits per heavy atom. The van der Waals surface area contributed by atoms with Gasteiger partial charge in [-0.1, -0.05) is 23.2 Å². The second kappa shape index (κ2) is 7.01. The van der Waals surface area contributed by atoms with Crippen LogP contribution in [0.3, 0.4) is 0 Å². The lowest BCUT2D eigenvalue weighted by Crippen LogP contribution is -2.11. The van der Waals surface area contributed by atoms with Gasteiger partial charge in [0.1, 0.15) is 5.76 Å². The number of aromatic carboxylic acids is 1. The van der Waals surface area contributed by atoms with E-state index in [-0.39, 0.29) is 16.3 Å². The number of furan rings is 1. The maximum atomic E-state index is 12.3. The van der Waals surface area contributed by atoms with Crippen LogP contribution in [0.4, 0.5) is 5.69 Å². The topological polar surface area (TPSA) is 79.5 Å². The number of carboxylic acid groups (broad SMARTS) is 1. The van der Waals surface area contributed by atoms with Gasteiger partial charge in [-0.3, -0.25) is 4.79 Å². The van der Waals surface area contributed by atoms with Gasteiger partial charge in [0, 0.05) is 16.3 Å². The van der Waals surface area contributed by atoms with Crippen molar-refractivity contribution in [1.29, 1.82) is 0 Å². The van der Waals surface area contributed by atoms with Gasteiger partial charge >= 0.3 is 5.97 Å². The summed E-state index contributed by atoms with van der Waals surface area (Å²) in [7, 11) is 0. The zero-order valence-electron chi connectivity index (χ0n) is 12.6. The quantitative estimate of drug-likeness (QED) is 0.656. The van der Waals surface area contributed by atoms with Crippen molar-refractivity contribution in [2.75, 3.05) is 5.32 Å². The van der Waals surface area contributed by atoms with E-state index in [0.717, 1.165) is 5.56 Å². The number of anilines is 1. The number of amides is 1. The standard InChI is InChI=1S/C18H11Cl2NO4/c19-11-3-1-10(2-4-11)15-7-8-16(25-15)17(22)21-12-5-6-14(20)13(9-12)18(23)24/h1-9H,(H,21,22)(H,23,24). The van der Waals surface area contributed by atoms with Crippen molar-refractivity contribution in [2.45, 2.75) is 0 Å². The van der Waals surface area contributed by atoms with Crippen LogP contribution >= 0.6 is 23.2 Å². The Kier molecular flexibility index (Phi) is 4.79. The largest absolute Gasteiger partial charge is 0.478 e. The highest BCUT2D eigenvalue weighted by molar-refractivity contribution is 6.33. The lowest BCUT2D eigenvalue weighted by molar-refractivity contribution is 0.0696. The second-order valence-corrected chi connectivity index (χ2v) is 5.97. The van der Waals surface area contributed by atoms with E-state index in [9.17, 15) is 9.59 Å². The van der Waals surface area contributed by atoms with Crippen LogP contribution in [0.25, 0.3) is 11.3 Å². The molecule has 0 unspecified atom stereocenters. The summed E-state index contributed by atoms with van der Waals surface area (Å²) in [5.41, 5.74) is 0.986. The van der Waals surface area contributed by atoms with Gasteiger partial charge in [0.2, 0.25) is 0 Å². The summed E-state index contributed by atoms with van der Waals surface area (Å²) in [5, 5.41) is 12.3. The molecule has 0 atom stereocenters. The number of hydrogen-bond donors (Lipinski definition) is 2. The fraction of sp³-hybridized carbons (Fsp3) is 0. The summed E-state index contributed by atoms with van der Waals surface area (Å²) in [6.07, 6.45) is 0. The van der Waals surface area contributed by atoms with E-state index in [0.29, 0.717) is 16.5 Å². The Labute approximate surface area is 152 Å². The molecule has 0 radical (unpaired) electrons. The van der Waals surface area contributed by atoms with Crippen LogP contribution in [0.5, 0.6) is 0 Å². The molecule has 25 heavy (non-hydrogen) atoms. The van der Waals surface area contributed by atoms with Gasteiger partial charge in [-0.25, -0.2) is 4.79 Å². The summed E-state index contributed by atoms with van der Waals surface area (Å²) in [6, 6.07) is 14.4. The minimum atomic E-state index is -1.18. The molecule has 2 aromatic carbocycles. The van der Waals surface area contributed by atoms with Crippen molar-refractivity contribution in [3.8, 4) is 11.3 Å². The molecule has 3 rings (SSSR count). The molecule has 0 saturated heterocycles. The van der Waals surface area contributed by atoms with Crippen LogP contribution in [0.1, 0.15) is 20.9 Å². The maximum absolute atomic E-state index is 12.3. The maximum Gasteiger partial charge on any atom is 0.337 e. The monoisotopic (exact) mass is 375 g/mol. The first kappa shape index (κ1) is 17.1. The SMILES string of the molecule is O=C(Nc1ccc(Cl)c(C(=O)O)c1)c1ccc(-c2ccc(Cl)cc2)o1. The van der Waals surface area contributed by atoms with E-state index >= 15 is 0 Å². The van der Waals surface area contributed by atoms with Gasteiger partial charge in [0.15, 0.2) is 5.76 Å². The lowest BCUT2D eigenvalue weighted by Gasteiger charge is -2.06. The minimum Gasteiger partial charge on any atom is -0.478 e. The third-order valence-corrected chi connectivity index (χ3v) is 3.99. The number of carboxylic acids is 1. The molecular formula is C18H11Cl2NO4. The minimum absolute atomic E-state index is 0.0912. The number of hydrogen-bond acceptors (Lipinski definition) is 3. The van der Waals surface area contributed by atoms with Crippen molar-refractivity contribution in [3.63, 3.8) is 0 Å². The van der Waals surface area contributed by atoms with Gasteiger partial charge in [-0.05, 0) is 54.6 Å². The molecule has 0 bridgehead atoms. The van der Waals surface area contributed by atoms with Crippen LogP contribution in [-0.2, 0) is 0 Å². The number of rotatable bonds is 4. The van der Waals surface area contributed by atoms with Crippen LogP contribution < -0.4 is 5.32 Å². The molecule has 7 heteroatoms. The molecular weight excluding hydrogens is 365 g/mol. The molecule has 1 amide bonds. The average Bonchev–Trinajstić information content (AvgIpc) is 3.07. The summed E-state index contributed by atoms with van der Waals surface area (Å²) >= 11 is 11.7. The molecule has 0 spiro atoms. The molecule has 0 aliphatic carbocycles. The lowest BCUT2D eigenvalue weighted by atomic mass is 10.2. The zero-order valence-corrected chi connectivity index (χ0v) is 14.1. The summed E-state index contributed by atoms with van der Waals surface area (Å²) in [6.45, 7) is 0. The molecule has 0 fully saturated rings. The van der Waals surface area contributed by atoms with Crippen molar-refractivity contribution in [1.82, 2.24) is 0 Å². The average molecular weight is 376 g/mol. The molecule has 126 valence electrons. The van der Waals surface area contributed by atoms with Gasteiger partial charge in [-0.15, -0.1) is 0 Å². The summed E-state index contributed by atoms with van der Waals surface area (Å²) in [4.78, 5) is 23.4. The van der Waals surface area contributed by atoms with Crippen molar-refractivity contribution >= 4 is 40.8 Å². The Bertz CT molecular complexity index is 948. The van der Waals surface area contributed by atoms with E-state index in [1.165, 1.54) is 24.3 Å². The number of nitrogens with one attached hydrogen (secondary N) is 1. The van der Waals surface area contributed by atoms with Gasteiger partial charge in [-0.2, -0.15) is 0 Å². The number of carbonyl (C=O) groups excluding carboxylic acids is 1. The Morgan fingerprint density at radius 3 is 2.36 bits per heavy atom. The van der Waals surface area contributed by atoms with Crippen LogP contribution in [0.2, 0.25) is 10.0 Å². The molecule has 2 N–H and O–H groups in total. The predicted octanol–water partition coefficient (Wildman–Crippen LogP) is 5.20. The van der Waals surface area contributed by atoms with Crippen molar-refractivity contribution in [3.05, 3.63) is 76.0 Å². The highest BCUT2D eigenvalue weighted by Crippen LogP contribution is 2.25. The fourth-order valence-corrected chi connectivity index (χ4v) is 2.51. The van der Waals surface area contributed by atoms with E-state index in [2.05, 4.69) is 5.32 Å². The smallest absolute Gasteiger partial charge is 0.337 e. The Morgan fingerprint density at radius 2 is 1.68 bits per heavy atom. The van der Waals surface area contributed by atoms with Gasteiger partial charge < -0.3 is 14.8 Å². The van der Waals surface area contributed by atoms with Crippen LogP contribution in [0.15, 0.2) is 59.0 Å². The number of benzene rings is 2. The molecule has 5 nitrogen and oxygen atoms in total. The highest BCUT2D eigenvalue weighted by Gasteiger charge is 2.15. The first-order valence-electron chi connectivity index (χ1n) is 7.14. The van der Waals surface area contributed by atoms with Gasteiger partial charge in [0.25, 0.3) is 5.91 Å². The van der Waals surface area contributed by atoms with Crippen molar-refractivity contribution < 1.29 is 19.1 Å².